The van der Waals surface area contributed by atoms with Crippen molar-refractivity contribution in [2.75, 3.05) is 18.5 Å². The van der Waals surface area contributed by atoms with E-state index in [1.165, 1.54) is 23.8 Å². The molecule has 2 aromatic rings. The Hall–Kier alpha value is -2.89. The van der Waals surface area contributed by atoms with Crippen LogP contribution in [0.3, 0.4) is 0 Å². The van der Waals surface area contributed by atoms with Crippen molar-refractivity contribution in [1.82, 2.24) is 4.90 Å². The van der Waals surface area contributed by atoms with Crippen LogP contribution in [-0.2, 0) is 22.6 Å². The zero-order valence-corrected chi connectivity index (χ0v) is 15.5. The molecule has 0 spiro atoms. The molecule has 2 aromatic carbocycles. The largest absolute Gasteiger partial charge is 0.484 e. The molecule has 2 amide bonds. The zero-order valence-electron chi connectivity index (χ0n) is 15.5. The number of hydrogen-bond acceptors (Lipinski definition) is 3. The Balaban J connectivity index is 1.60. The smallest absolute Gasteiger partial charge is 0.262 e. The molecule has 1 aliphatic heterocycles. The summed E-state index contributed by atoms with van der Waals surface area (Å²) in [6.45, 7) is 4.85. The molecule has 6 heteroatoms. The van der Waals surface area contributed by atoms with E-state index in [-0.39, 0.29) is 24.3 Å². The van der Waals surface area contributed by atoms with Crippen LogP contribution in [0, 0.1) is 11.7 Å². The molecule has 0 fully saturated rings. The van der Waals surface area contributed by atoms with Crippen LogP contribution < -0.4 is 10.1 Å². The van der Waals surface area contributed by atoms with E-state index in [0.29, 0.717) is 18.0 Å². The fraction of sp³-hybridized carbons (Fsp3) is 0.333. The van der Waals surface area contributed by atoms with Gasteiger partial charge in [-0.3, -0.25) is 9.59 Å². The molecular weight excluding hydrogens is 347 g/mol. The lowest BCUT2D eigenvalue weighted by molar-refractivity contribution is -0.135. The van der Waals surface area contributed by atoms with Gasteiger partial charge in [-0.15, -0.1) is 0 Å². The van der Waals surface area contributed by atoms with Gasteiger partial charge in [0, 0.05) is 30.8 Å². The minimum Gasteiger partial charge on any atom is -0.484 e. The number of ether oxygens (including phenoxy) is 1. The molecule has 0 unspecified atom stereocenters. The highest BCUT2D eigenvalue weighted by atomic mass is 19.1. The maximum atomic E-state index is 13.1. The first-order valence-corrected chi connectivity index (χ1v) is 9.01. The van der Waals surface area contributed by atoms with E-state index in [1.807, 2.05) is 36.9 Å². The molecule has 3 rings (SSSR count). The van der Waals surface area contributed by atoms with Gasteiger partial charge in [0.1, 0.15) is 11.6 Å². The van der Waals surface area contributed by atoms with Crippen molar-refractivity contribution in [3.05, 3.63) is 59.4 Å². The zero-order chi connectivity index (χ0) is 19.4. The van der Waals surface area contributed by atoms with E-state index >= 15 is 0 Å². The molecule has 1 heterocycles. The summed E-state index contributed by atoms with van der Waals surface area (Å²) in [4.78, 5) is 26.2. The van der Waals surface area contributed by atoms with Gasteiger partial charge in [-0.2, -0.15) is 0 Å². The highest BCUT2D eigenvalue weighted by Gasteiger charge is 2.22. The molecular formula is C21H23FN2O3. The number of carbonyl (C=O) groups excluding carboxylic acids is 2. The van der Waals surface area contributed by atoms with E-state index in [1.54, 1.807) is 6.07 Å². The Labute approximate surface area is 158 Å². The highest BCUT2D eigenvalue weighted by molar-refractivity contribution is 5.92. The topological polar surface area (TPSA) is 58.6 Å². The van der Waals surface area contributed by atoms with Crippen molar-refractivity contribution < 1.29 is 18.7 Å². The normalized spacial score (nSPS) is 13.3. The molecule has 1 aliphatic rings. The molecule has 0 aromatic heterocycles. The standard InChI is InChI=1S/C21H23FN2O3/c1-14(2)21(26)24-9-8-15-6-7-18(10-16(15)12-24)23-20(25)13-27-19-5-3-4-17(22)11-19/h3-7,10-11,14H,8-9,12-13H2,1-2H3,(H,23,25). The van der Waals surface area contributed by atoms with Gasteiger partial charge in [-0.25, -0.2) is 4.39 Å². The minimum absolute atomic E-state index is 0.0330. The molecule has 142 valence electrons. The maximum absolute atomic E-state index is 13.1. The summed E-state index contributed by atoms with van der Waals surface area (Å²) in [5, 5.41) is 2.78. The van der Waals surface area contributed by atoms with Gasteiger partial charge in [0.2, 0.25) is 5.91 Å². The fourth-order valence-electron chi connectivity index (χ4n) is 3.09. The molecule has 0 radical (unpaired) electrons. The van der Waals surface area contributed by atoms with Crippen LogP contribution in [0.15, 0.2) is 42.5 Å². The highest BCUT2D eigenvalue weighted by Crippen LogP contribution is 2.24. The van der Waals surface area contributed by atoms with Gasteiger partial charge in [0.25, 0.3) is 5.91 Å². The second-order valence-electron chi connectivity index (χ2n) is 6.94. The summed E-state index contributed by atoms with van der Waals surface area (Å²) in [5.74, 6) is -0.334. The summed E-state index contributed by atoms with van der Waals surface area (Å²) >= 11 is 0. The van der Waals surface area contributed by atoms with Crippen LogP contribution in [0.25, 0.3) is 0 Å². The number of nitrogens with one attached hydrogen (secondary N) is 1. The number of hydrogen-bond donors (Lipinski definition) is 1. The number of benzene rings is 2. The monoisotopic (exact) mass is 370 g/mol. The van der Waals surface area contributed by atoms with E-state index in [2.05, 4.69) is 5.32 Å². The van der Waals surface area contributed by atoms with Gasteiger partial charge in [0.05, 0.1) is 0 Å². The second-order valence-corrected chi connectivity index (χ2v) is 6.94. The van der Waals surface area contributed by atoms with Crippen molar-refractivity contribution in [2.45, 2.75) is 26.8 Å². The first kappa shape index (κ1) is 18.9. The first-order valence-electron chi connectivity index (χ1n) is 9.01. The summed E-state index contributed by atoms with van der Waals surface area (Å²) in [6.07, 6.45) is 0.810. The lowest BCUT2D eigenvalue weighted by atomic mass is 9.98. The predicted octanol–water partition coefficient (Wildman–Crippen LogP) is 3.38. The Morgan fingerprint density at radius 3 is 2.74 bits per heavy atom. The Morgan fingerprint density at radius 2 is 2.00 bits per heavy atom. The van der Waals surface area contributed by atoms with Crippen LogP contribution >= 0.6 is 0 Å². The van der Waals surface area contributed by atoms with Crippen molar-refractivity contribution in [2.24, 2.45) is 5.92 Å². The van der Waals surface area contributed by atoms with Crippen molar-refractivity contribution >= 4 is 17.5 Å². The maximum Gasteiger partial charge on any atom is 0.262 e. The quantitative estimate of drug-likeness (QED) is 0.878. The number of rotatable bonds is 5. The number of carbonyl (C=O) groups is 2. The fourth-order valence-corrected chi connectivity index (χ4v) is 3.09. The minimum atomic E-state index is -0.414. The third-order valence-corrected chi connectivity index (χ3v) is 4.47. The molecule has 0 aliphatic carbocycles. The van der Waals surface area contributed by atoms with E-state index in [4.69, 9.17) is 4.74 Å². The van der Waals surface area contributed by atoms with Crippen LogP contribution in [0.2, 0.25) is 0 Å². The predicted molar refractivity (Wildman–Crippen MR) is 101 cm³/mol. The third kappa shape index (κ3) is 4.84. The summed E-state index contributed by atoms with van der Waals surface area (Å²) in [6, 6.07) is 11.4. The first-order chi connectivity index (χ1) is 12.9. The van der Waals surface area contributed by atoms with Gasteiger partial charge in [-0.05, 0) is 41.8 Å². The van der Waals surface area contributed by atoms with Crippen LogP contribution in [-0.4, -0.2) is 29.9 Å². The number of fused-ring (bicyclic) bond motifs is 1. The van der Waals surface area contributed by atoms with E-state index in [0.717, 1.165) is 18.5 Å². The molecule has 5 nitrogen and oxygen atoms in total. The van der Waals surface area contributed by atoms with Crippen molar-refractivity contribution in [3.8, 4) is 5.75 Å². The van der Waals surface area contributed by atoms with Crippen LogP contribution in [0.5, 0.6) is 5.75 Å². The van der Waals surface area contributed by atoms with Crippen LogP contribution in [0.4, 0.5) is 10.1 Å². The van der Waals surface area contributed by atoms with Crippen LogP contribution in [0.1, 0.15) is 25.0 Å². The average molecular weight is 370 g/mol. The molecule has 27 heavy (non-hydrogen) atoms. The number of anilines is 1. The number of halogens is 1. The Kier molecular flexibility index (Phi) is 5.74. The lowest BCUT2D eigenvalue weighted by Gasteiger charge is -2.30. The van der Waals surface area contributed by atoms with Gasteiger partial charge in [0.15, 0.2) is 6.61 Å². The molecule has 1 N–H and O–H groups in total. The average Bonchev–Trinajstić information content (AvgIpc) is 2.65. The van der Waals surface area contributed by atoms with Gasteiger partial charge >= 0.3 is 0 Å². The third-order valence-electron chi connectivity index (χ3n) is 4.47. The van der Waals surface area contributed by atoms with Gasteiger partial charge in [-0.1, -0.05) is 26.0 Å². The molecule has 0 saturated heterocycles. The van der Waals surface area contributed by atoms with Crippen molar-refractivity contribution in [1.29, 1.82) is 0 Å². The summed E-state index contributed by atoms with van der Waals surface area (Å²) in [7, 11) is 0. The lowest BCUT2D eigenvalue weighted by Crippen LogP contribution is -2.38. The molecule has 0 saturated carbocycles. The summed E-state index contributed by atoms with van der Waals surface area (Å²) < 4.78 is 18.4. The number of amides is 2. The molecule has 0 bridgehead atoms. The Bertz CT molecular complexity index is 851. The number of nitrogens with zero attached hydrogens (tertiary/aromatic N) is 1. The van der Waals surface area contributed by atoms with E-state index < -0.39 is 5.82 Å². The molecule has 0 atom stereocenters. The van der Waals surface area contributed by atoms with Crippen molar-refractivity contribution in [3.63, 3.8) is 0 Å². The second kappa shape index (κ2) is 8.20. The van der Waals surface area contributed by atoms with Gasteiger partial charge < -0.3 is 15.0 Å². The van der Waals surface area contributed by atoms with E-state index in [9.17, 15) is 14.0 Å². The Morgan fingerprint density at radius 1 is 1.19 bits per heavy atom. The SMILES string of the molecule is CC(C)C(=O)N1CCc2ccc(NC(=O)COc3cccc(F)c3)cc2C1. The summed E-state index contributed by atoms with van der Waals surface area (Å²) in [5.41, 5.74) is 2.89.